The van der Waals surface area contributed by atoms with Crippen molar-refractivity contribution in [3.63, 3.8) is 0 Å². The molecule has 0 bridgehead atoms. The molecular weight excluding hydrogens is 264 g/mol. The topological polar surface area (TPSA) is 41.6 Å². The highest BCUT2D eigenvalue weighted by Crippen LogP contribution is 2.22. The van der Waals surface area contributed by atoms with Crippen LogP contribution in [0, 0.1) is 13.8 Å². The van der Waals surface area contributed by atoms with Gasteiger partial charge in [0.25, 0.3) is 5.91 Å². The van der Waals surface area contributed by atoms with Crippen LogP contribution >= 0.6 is 0 Å². The number of morpholine rings is 1. The third-order valence-corrected chi connectivity index (χ3v) is 4.80. The molecular formula is C17H24N2O2. The lowest BCUT2D eigenvalue weighted by atomic mass is 10.0. The number of carbonyl (C=O) groups excluding carboxylic acids is 1. The summed E-state index contributed by atoms with van der Waals surface area (Å²) in [5.41, 5.74) is 2.97. The highest BCUT2D eigenvalue weighted by Gasteiger charge is 2.32. The summed E-state index contributed by atoms with van der Waals surface area (Å²) in [6.07, 6.45) is 2.64. The normalized spacial score (nSPS) is 25.6. The van der Waals surface area contributed by atoms with Gasteiger partial charge in [-0.25, -0.2) is 0 Å². The molecule has 1 amide bonds. The largest absolute Gasteiger partial charge is 0.373 e. The van der Waals surface area contributed by atoms with Crippen molar-refractivity contribution in [3.05, 3.63) is 34.9 Å². The third kappa shape index (κ3) is 3.11. The van der Waals surface area contributed by atoms with Crippen molar-refractivity contribution in [2.24, 2.45) is 0 Å². The fourth-order valence-corrected chi connectivity index (χ4v) is 3.31. The Labute approximate surface area is 126 Å². The number of ether oxygens (including phenoxy) is 1. The van der Waals surface area contributed by atoms with Gasteiger partial charge in [0.1, 0.15) is 0 Å². The summed E-state index contributed by atoms with van der Waals surface area (Å²) < 4.78 is 5.88. The maximum Gasteiger partial charge on any atom is 0.251 e. The number of rotatable bonds is 3. The van der Waals surface area contributed by atoms with Crippen LogP contribution < -0.4 is 5.32 Å². The average Bonchev–Trinajstić information content (AvgIpc) is 2.95. The second-order valence-electron chi connectivity index (χ2n) is 6.20. The number of nitrogens with one attached hydrogen (secondary N) is 1. The summed E-state index contributed by atoms with van der Waals surface area (Å²) >= 11 is 0. The number of aryl methyl sites for hydroxylation is 1. The van der Waals surface area contributed by atoms with Crippen molar-refractivity contribution in [2.45, 2.75) is 38.8 Å². The highest BCUT2D eigenvalue weighted by molar-refractivity contribution is 5.95. The van der Waals surface area contributed by atoms with Gasteiger partial charge in [-0.05, 0) is 50.4 Å². The summed E-state index contributed by atoms with van der Waals surface area (Å²) in [5.74, 6) is 0.00310. The van der Waals surface area contributed by atoms with Crippen molar-refractivity contribution in [3.8, 4) is 0 Å². The van der Waals surface area contributed by atoms with E-state index in [9.17, 15) is 4.79 Å². The quantitative estimate of drug-likeness (QED) is 0.923. The first-order valence-corrected chi connectivity index (χ1v) is 7.85. The Bertz CT molecular complexity index is 530. The number of hydrogen-bond donors (Lipinski definition) is 1. The van der Waals surface area contributed by atoms with Crippen LogP contribution in [-0.2, 0) is 4.74 Å². The molecule has 2 heterocycles. The lowest BCUT2D eigenvalue weighted by Crippen LogP contribution is -2.50. The molecule has 2 atom stereocenters. The first kappa shape index (κ1) is 14.5. The molecule has 4 heteroatoms. The van der Waals surface area contributed by atoms with E-state index >= 15 is 0 Å². The van der Waals surface area contributed by atoms with Gasteiger partial charge in [0.15, 0.2) is 0 Å². The maximum absolute atomic E-state index is 12.3. The van der Waals surface area contributed by atoms with Crippen molar-refractivity contribution < 1.29 is 9.53 Å². The van der Waals surface area contributed by atoms with E-state index in [2.05, 4.69) is 10.2 Å². The van der Waals surface area contributed by atoms with E-state index in [0.717, 1.165) is 29.8 Å². The van der Waals surface area contributed by atoms with E-state index in [-0.39, 0.29) is 12.0 Å². The van der Waals surface area contributed by atoms with E-state index in [4.69, 9.17) is 4.74 Å². The van der Waals surface area contributed by atoms with Gasteiger partial charge < -0.3 is 10.1 Å². The summed E-state index contributed by atoms with van der Waals surface area (Å²) in [5, 5.41) is 3.03. The Morgan fingerprint density at radius 2 is 2.29 bits per heavy atom. The molecule has 1 aromatic carbocycles. The third-order valence-electron chi connectivity index (χ3n) is 4.80. The van der Waals surface area contributed by atoms with Crippen molar-refractivity contribution in [2.75, 3.05) is 26.2 Å². The SMILES string of the molecule is Cc1cccc(C(=O)NC[C@@H]2CN3CCC[C@@H]3CO2)c1C. The molecule has 0 saturated carbocycles. The molecule has 2 fully saturated rings. The van der Waals surface area contributed by atoms with Gasteiger partial charge in [-0.15, -0.1) is 0 Å². The molecule has 2 aliphatic heterocycles. The Kier molecular flexibility index (Phi) is 4.27. The standard InChI is InChI=1S/C17H24N2O2/c1-12-5-3-7-16(13(12)2)17(20)18-9-15-10-19-8-4-6-14(19)11-21-15/h3,5,7,14-15H,4,6,8-11H2,1-2H3,(H,18,20)/t14-,15-/m1/s1. The Morgan fingerprint density at radius 3 is 3.14 bits per heavy atom. The zero-order chi connectivity index (χ0) is 14.8. The lowest BCUT2D eigenvalue weighted by molar-refractivity contribution is -0.0461. The van der Waals surface area contributed by atoms with Gasteiger partial charge >= 0.3 is 0 Å². The van der Waals surface area contributed by atoms with Crippen LogP contribution in [-0.4, -0.2) is 49.2 Å². The molecule has 1 aromatic rings. The Hall–Kier alpha value is -1.39. The Morgan fingerprint density at radius 1 is 1.43 bits per heavy atom. The Balaban J connectivity index is 1.55. The molecule has 0 aromatic heterocycles. The van der Waals surface area contributed by atoms with Gasteiger partial charge in [-0.3, -0.25) is 9.69 Å². The molecule has 114 valence electrons. The number of fused-ring (bicyclic) bond motifs is 1. The van der Waals surface area contributed by atoms with Crippen LogP contribution in [0.3, 0.4) is 0 Å². The molecule has 2 saturated heterocycles. The fraction of sp³-hybridized carbons (Fsp3) is 0.588. The summed E-state index contributed by atoms with van der Waals surface area (Å²) in [6.45, 7) is 7.55. The van der Waals surface area contributed by atoms with E-state index in [1.54, 1.807) is 0 Å². The molecule has 0 spiro atoms. The van der Waals surface area contributed by atoms with E-state index in [1.807, 2.05) is 32.0 Å². The van der Waals surface area contributed by atoms with Gasteiger partial charge in [0, 0.05) is 24.7 Å². The van der Waals surface area contributed by atoms with Crippen LogP contribution in [0.15, 0.2) is 18.2 Å². The lowest BCUT2D eigenvalue weighted by Gasteiger charge is -2.35. The average molecular weight is 288 g/mol. The summed E-state index contributed by atoms with van der Waals surface area (Å²) in [6, 6.07) is 6.46. The van der Waals surface area contributed by atoms with E-state index in [1.165, 1.54) is 19.4 Å². The second-order valence-corrected chi connectivity index (χ2v) is 6.20. The van der Waals surface area contributed by atoms with Crippen LogP contribution in [0.2, 0.25) is 0 Å². The molecule has 1 N–H and O–H groups in total. The number of nitrogens with zero attached hydrogens (tertiary/aromatic N) is 1. The molecule has 2 aliphatic rings. The zero-order valence-electron chi connectivity index (χ0n) is 12.9. The first-order chi connectivity index (χ1) is 10.1. The number of amides is 1. The monoisotopic (exact) mass is 288 g/mol. The highest BCUT2D eigenvalue weighted by atomic mass is 16.5. The molecule has 0 aliphatic carbocycles. The summed E-state index contributed by atoms with van der Waals surface area (Å²) in [7, 11) is 0. The van der Waals surface area contributed by atoms with Crippen molar-refractivity contribution in [1.29, 1.82) is 0 Å². The van der Waals surface area contributed by atoms with Gasteiger partial charge in [0.05, 0.1) is 12.7 Å². The predicted octanol–water partition coefficient (Wildman–Crippen LogP) is 1.90. The van der Waals surface area contributed by atoms with Crippen LogP contribution in [0.5, 0.6) is 0 Å². The van der Waals surface area contributed by atoms with Gasteiger partial charge in [-0.1, -0.05) is 12.1 Å². The maximum atomic E-state index is 12.3. The molecule has 0 radical (unpaired) electrons. The van der Waals surface area contributed by atoms with Crippen LogP contribution in [0.25, 0.3) is 0 Å². The minimum Gasteiger partial charge on any atom is -0.373 e. The molecule has 0 unspecified atom stereocenters. The molecule has 4 nitrogen and oxygen atoms in total. The minimum absolute atomic E-state index is 0.00310. The summed E-state index contributed by atoms with van der Waals surface area (Å²) in [4.78, 5) is 14.8. The van der Waals surface area contributed by atoms with E-state index < -0.39 is 0 Å². The zero-order valence-corrected chi connectivity index (χ0v) is 12.9. The molecule has 3 rings (SSSR count). The first-order valence-electron chi connectivity index (χ1n) is 7.85. The van der Waals surface area contributed by atoms with E-state index in [0.29, 0.717) is 12.6 Å². The fourth-order valence-electron chi connectivity index (χ4n) is 3.31. The van der Waals surface area contributed by atoms with Gasteiger partial charge in [-0.2, -0.15) is 0 Å². The van der Waals surface area contributed by atoms with Gasteiger partial charge in [0.2, 0.25) is 0 Å². The van der Waals surface area contributed by atoms with Crippen LogP contribution in [0.1, 0.15) is 34.3 Å². The predicted molar refractivity (Wildman–Crippen MR) is 82.6 cm³/mol. The van der Waals surface area contributed by atoms with Crippen molar-refractivity contribution >= 4 is 5.91 Å². The second kappa shape index (κ2) is 6.16. The minimum atomic E-state index is 0.00310. The number of carbonyl (C=O) groups is 1. The smallest absolute Gasteiger partial charge is 0.251 e. The number of benzene rings is 1. The van der Waals surface area contributed by atoms with Crippen LogP contribution in [0.4, 0.5) is 0 Å². The van der Waals surface area contributed by atoms with Crippen molar-refractivity contribution in [1.82, 2.24) is 10.2 Å². The number of hydrogen-bond acceptors (Lipinski definition) is 3. The molecule has 21 heavy (non-hydrogen) atoms.